The quantitative estimate of drug-likeness (QED) is 0.938. The van der Waals surface area contributed by atoms with Crippen LogP contribution in [0.2, 0.25) is 5.02 Å². The summed E-state index contributed by atoms with van der Waals surface area (Å²) >= 11 is 7.67. The molecule has 18 heavy (non-hydrogen) atoms. The van der Waals surface area contributed by atoms with Crippen LogP contribution in [0.1, 0.15) is 12.5 Å². The van der Waals surface area contributed by atoms with Gasteiger partial charge in [-0.15, -0.1) is 0 Å². The maximum absolute atomic E-state index is 11.6. The van der Waals surface area contributed by atoms with Crippen LogP contribution in [0.4, 0.5) is 5.69 Å². The van der Waals surface area contributed by atoms with Gasteiger partial charge in [0.2, 0.25) is 0 Å². The molecule has 2 aromatic heterocycles. The van der Waals surface area contributed by atoms with Crippen molar-refractivity contribution < 1.29 is 0 Å². The van der Waals surface area contributed by atoms with Crippen LogP contribution in [-0.2, 0) is 13.5 Å². The Kier molecular flexibility index (Phi) is 4.04. The molecule has 6 heteroatoms. The summed E-state index contributed by atoms with van der Waals surface area (Å²) in [6.45, 7) is 2.05. The standard InChI is InChI=1S/C12H14ClN3OS/c1-8(5-9-3-4-18-7-9)15-10-6-14-16(2)12(17)11(10)13/h3-4,6-8,15H,5H2,1-2H3. The van der Waals surface area contributed by atoms with E-state index in [1.165, 1.54) is 10.2 Å². The monoisotopic (exact) mass is 283 g/mol. The average molecular weight is 284 g/mol. The lowest BCUT2D eigenvalue weighted by Crippen LogP contribution is -2.24. The largest absolute Gasteiger partial charge is 0.380 e. The smallest absolute Gasteiger partial charge is 0.287 e. The normalized spacial score (nSPS) is 12.4. The van der Waals surface area contributed by atoms with Crippen LogP contribution >= 0.6 is 22.9 Å². The van der Waals surface area contributed by atoms with Gasteiger partial charge in [-0.05, 0) is 35.7 Å². The van der Waals surface area contributed by atoms with Crippen molar-refractivity contribution in [1.29, 1.82) is 0 Å². The molecule has 0 aromatic carbocycles. The first-order valence-corrected chi connectivity index (χ1v) is 6.89. The lowest BCUT2D eigenvalue weighted by molar-refractivity contribution is 0.704. The fourth-order valence-electron chi connectivity index (χ4n) is 1.69. The summed E-state index contributed by atoms with van der Waals surface area (Å²) in [6, 6.07) is 2.28. The van der Waals surface area contributed by atoms with E-state index in [0.29, 0.717) is 5.69 Å². The topological polar surface area (TPSA) is 46.9 Å². The summed E-state index contributed by atoms with van der Waals surface area (Å²) in [6.07, 6.45) is 2.46. The Labute approximate surface area is 114 Å². The van der Waals surface area contributed by atoms with Crippen molar-refractivity contribution in [3.63, 3.8) is 0 Å². The van der Waals surface area contributed by atoms with Crippen molar-refractivity contribution in [2.45, 2.75) is 19.4 Å². The highest BCUT2D eigenvalue weighted by Crippen LogP contribution is 2.18. The number of aromatic nitrogens is 2. The van der Waals surface area contributed by atoms with Crippen molar-refractivity contribution in [1.82, 2.24) is 9.78 Å². The Bertz CT molecular complexity index is 580. The predicted molar refractivity (Wildman–Crippen MR) is 75.6 cm³/mol. The maximum atomic E-state index is 11.6. The zero-order valence-corrected chi connectivity index (χ0v) is 11.8. The van der Waals surface area contributed by atoms with Crippen LogP contribution in [0, 0.1) is 0 Å². The van der Waals surface area contributed by atoms with Gasteiger partial charge in [0, 0.05) is 13.1 Å². The van der Waals surface area contributed by atoms with E-state index >= 15 is 0 Å². The van der Waals surface area contributed by atoms with Crippen molar-refractivity contribution in [3.05, 3.63) is 44.0 Å². The zero-order chi connectivity index (χ0) is 13.1. The van der Waals surface area contributed by atoms with E-state index in [0.717, 1.165) is 6.42 Å². The highest BCUT2D eigenvalue weighted by atomic mass is 35.5. The molecule has 1 unspecified atom stereocenters. The summed E-state index contributed by atoms with van der Waals surface area (Å²) in [5, 5.41) is 11.5. The van der Waals surface area contributed by atoms with E-state index in [4.69, 9.17) is 11.6 Å². The zero-order valence-electron chi connectivity index (χ0n) is 10.2. The van der Waals surface area contributed by atoms with E-state index in [-0.39, 0.29) is 16.6 Å². The first-order chi connectivity index (χ1) is 8.58. The van der Waals surface area contributed by atoms with Crippen molar-refractivity contribution in [3.8, 4) is 0 Å². The van der Waals surface area contributed by atoms with Gasteiger partial charge in [-0.1, -0.05) is 11.6 Å². The third kappa shape index (κ3) is 2.91. The number of hydrogen-bond acceptors (Lipinski definition) is 4. The van der Waals surface area contributed by atoms with Crippen molar-refractivity contribution >= 4 is 28.6 Å². The Morgan fingerprint density at radius 1 is 1.61 bits per heavy atom. The molecular formula is C12H14ClN3OS. The molecule has 1 atom stereocenters. The number of nitrogens with zero attached hydrogens (tertiary/aromatic N) is 2. The minimum atomic E-state index is -0.288. The van der Waals surface area contributed by atoms with Gasteiger partial charge < -0.3 is 5.32 Å². The van der Waals surface area contributed by atoms with E-state index < -0.39 is 0 Å². The first-order valence-electron chi connectivity index (χ1n) is 5.57. The van der Waals surface area contributed by atoms with Gasteiger partial charge in [-0.25, -0.2) is 4.68 Å². The molecule has 4 nitrogen and oxygen atoms in total. The first kappa shape index (κ1) is 13.1. The lowest BCUT2D eigenvalue weighted by atomic mass is 10.1. The van der Waals surface area contributed by atoms with Crippen molar-refractivity contribution in [2.24, 2.45) is 7.05 Å². The molecule has 2 aromatic rings. The maximum Gasteiger partial charge on any atom is 0.287 e. The molecule has 0 fully saturated rings. The number of rotatable bonds is 4. The number of aryl methyl sites for hydroxylation is 1. The molecule has 96 valence electrons. The summed E-state index contributed by atoms with van der Waals surface area (Å²) in [7, 11) is 1.58. The molecule has 0 saturated heterocycles. The van der Waals surface area contributed by atoms with Crippen LogP contribution in [-0.4, -0.2) is 15.8 Å². The van der Waals surface area contributed by atoms with Crippen LogP contribution < -0.4 is 10.9 Å². The van der Waals surface area contributed by atoms with Crippen molar-refractivity contribution in [2.75, 3.05) is 5.32 Å². The van der Waals surface area contributed by atoms with E-state index in [1.807, 2.05) is 6.92 Å². The molecule has 1 N–H and O–H groups in total. The Hall–Kier alpha value is -1.33. The molecule has 0 amide bonds. The fourth-order valence-corrected chi connectivity index (χ4v) is 2.60. The molecule has 0 radical (unpaired) electrons. The van der Waals surface area contributed by atoms with Gasteiger partial charge in [0.1, 0.15) is 5.02 Å². The minimum Gasteiger partial charge on any atom is -0.380 e. The highest BCUT2D eigenvalue weighted by molar-refractivity contribution is 7.07. The molecule has 2 heterocycles. The Morgan fingerprint density at radius 3 is 3.06 bits per heavy atom. The van der Waals surface area contributed by atoms with Crippen LogP contribution in [0.5, 0.6) is 0 Å². The fraction of sp³-hybridized carbons (Fsp3) is 0.333. The number of halogens is 1. The molecule has 0 aliphatic carbocycles. The second-order valence-electron chi connectivity index (χ2n) is 4.18. The molecule has 0 aliphatic rings. The molecule has 0 aliphatic heterocycles. The van der Waals surface area contributed by atoms with Gasteiger partial charge in [0.05, 0.1) is 11.9 Å². The molecule has 0 spiro atoms. The van der Waals surface area contributed by atoms with Gasteiger partial charge in [0.25, 0.3) is 5.56 Å². The second kappa shape index (κ2) is 5.54. The summed E-state index contributed by atoms with van der Waals surface area (Å²) in [5.74, 6) is 0. The van der Waals surface area contributed by atoms with E-state index in [1.54, 1.807) is 24.6 Å². The number of hydrogen-bond donors (Lipinski definition) is 1. The lowest BCUT2D eigenvalue weighted by Gasteiger charge is -2.15. The number of anilines is 1. The number of nitrogens with one attached hydrogen (secondary N) is 1. The van der Waals surface area contributed by atoms with Crippen LogP contribution in [0.15, 0.2) is 27.8 Å². The Morgan fingerprint density at radius 2 is 2.39 bits per heavy atom. The summed E-state index contributed by atoms with van der Waals surface area (Å²) in [4.78, 5) is 11.6. The third-order valence-electron chi connectivity index (χ3n) is 2.60. The van der Waals surface area contributed by atoms with Gasteiger partial charge in [0.15, 0.2) is 0 Å². The summed E-state index contributed by atoms with van der Waals surface area (Å²) in [5.41, 5.74) is 1.57. The van der Waals surface area contributed by atoms with Gasteiger partial charge >= 0.3 is 0 Å². The third-order valence-corrected chi connectivity index (χ3v) is 3.70. The Balaban J connectivity index is 2.10. The van der Waals surface area contributed by atoms with Gasteiger partial charge in [-0.3, -0.25) is 4.79 Å². The van der Waals surface area contributed by atoms with E-state index in [9.17, 15) is 4.79 Å². The SMILES string of the molecule is CC(Cc1ccsc1)Nc1cnn(C)c(=O)c1Cl. The molecular weight excluding hydrogens is 270 g/mol. The molecule has 0 saturated carbocycles. The minimum absolute atomic E-state index is 0.185. The van der Waals surface area contributed by atoms with Crippen LogP contribution in [0.25, 0.3) is 0 Å². The van der Waals surface area contributed by atoms with Crippen LogP contribution in [0.3, 0.4) is 0 Å². The summed E-state index contributed by atoms with van der Waals surface area (Å²) < 4.78 is 1.22. The van der Waals surface area contributed by atoms with E-state index in [2.05, 4.69) is 27.2 Å². The predicted octanol–water partition coefficient (Wildman–Crippen LogP) is 2.54. The molecule has 0 bridgehead atoms. The highest BCUT2D eigenvalue weighted by Gasteiger charge is 2.10. The molecule has 2 rings (SSSR count). The van der Waals surface area contributed by atoms with Gasteiger partial charge in [-0.2, -0.15) is 16.4 Å². The second-order valence-corrected chi connectivity index (χ2v) is 5.34. The average Bonchev–Trinajstić information content (AvgIpc) is 2.83. The number of thiophene rings is 1.